The lowest BCUT2D eigenvalue weighted by atomic mass is 10.0. The first-order chi connectivity index (χ1) is 9.29. The van der Waals surface area contributed by atoms with Gasteiger partial charge in [0.2, 0.25) is 0 Å². The van der Waals surface area contributed by atoms with E-state index in [9.17, 15) is 18.3 Å². The van der Waals surface area contributed by atoms with E-state index >= 15 is 0 Å². The number of benzene rings is 2. The Labute approximate surface area is 121 Å². The molecule has 0 amide bonds. The summed E-state index contributed by atoms with van der Waals surface area (Å²) < 4.78 is 22.8. The molecule has 0 aliphatic heterocycles. The molecule has 0 radical (unpaired) electrons. The molecule has 0 aliphatic carbocycles. The first-order valence-electron chi connectivity index (χ1n) is 5.62. The maximum absolute atomic E-state index is 12.2. The highest BCUT2D eigenvalue weighted by molar-refractivity contribution is 7.90. The van der Waals surface area contributed by atoms with Crippen molar-refractivity contribution in [3.8, 4) is 5.75 Å². The van der Waals surface area contributed by atoms with E-state index in [2.05, 4.69) is 0 Å². The molecular formula is C14H11ClO4S. The van der Waals surface area contributed by atoms with Crippen LogP contribution in [0.5, 0.6) is 5.75 Å². The molecule has 2 rings (SSSR count). The summed E-state index contributed by atoms with van der Waals surface area (Å²) in [7, 11) is -3.37. The van der Waals surface area contributed by atoms with Gasteiger partial charge in [0.1, 0.15) is 5.75 Å². The number of hydrogen-bond acceptors (Lipinski definition) is 4. The summed E-state index contributed by atoms with van der Waals surface area (Å²) in [5, 5.41) is 9.26. The van der Waals surface area contributed by atoms with E-state index in [-0.39, 0.29) is 27.0 Å². The van der Waals surface area contributed by atoms with Gasteiger partial charge in [-0.15, -0.1) is 0 Å². The van der Waals surface area contributed by atoms with Gasteiger partial charge in [0.05, 0.1) is 9.92 Å². The van der Waals surface area contributed by atoms with Crippen LogP contribution >= 0.6 is 11.6 Å². The fourth-order valence-electron chi connectivity index (χ4n) is 1.68. The van der Waals surface area contributed by atoms with Crippen LogP contribution in [0.4, 0.5) is 0 Å². The predicted octanol–water partition coefficient (Wildman–Crippen LogP) is 2.68. The highest BCUT2D eigenvalue weighted by Crippen LogP contribution is 2.24. The molecule has 6 heteroatoms. The summed E-state index contributed by atoms with van der Waals surface area (Å²) in [4.78, 5) is 12.3. The van der Waals surface area contributed by atoms with E-state index in [4.69, 9.17) is 11.6 Å². The van der Waals surface area contributed by atoms with Crippen LogP contribution in [0.3, 0.4) is 0 Å². The Morgan fingerprint density at radius 3 is 2.20 bits per heavy atom. The van der Waals surface area contributed by atoms with Crippen molar-refractivity contribution >= 4 is 27.2 Å². The molecule has 0 bridgehead atoms. The van der Waals surface area contributed by atoms with Crippen LogP contribution in [0.2, 0.25) is 5.02 Å². The minimum Gasteiger partial charge on any atom is -0.508 e. The van der Waals surface area contributed by atoms with Gasteiger partial charge in [0.25, 0.3) is 0 Å². The second kappa shape index (κ2) is 5.26. The van der Waals surface area contributed by atoms with E-state index in [1.807, 2.05) is 0 Å². The third kappa shape index (κ3) is 3.00. The Kier molecular flexibility index (Phi) is 3.83. The van der Waals surface area contributed by atoms with Crippen molar-refractivity contribution in [2.75, 3.05) is 6.26 Å². The zero-order valence-corrected chi connectivity index (χ0v) is 12.1. The monoisotopic (exact) mass is 310 g/mol. The van der Waals surface area contributed by atoms with Crippen molar-refractivity contribution in [2.24, 2.45) is 0 Å². The summed E-state index contributed by atoms with van der Waals surface area (Å²) in [6.07, 6.45) is 1.07. The zero-order chi connectivity index (χ0) is 14.9. The van der Waals surface area contributed by atoms with Crippen LogP contribution in [-0.4, -0.2) is 25.6 Å². The molecule has 0 fully saturated rings. The van der Waals surface area contributed by atoms with Crippen LogP contribution in [0, 0.1) is 0 Å². The smallest absolute Gasteiger partial charge is 0.194 e. The van der Waals surface area contributed by atoms with Crippen molar-refractivity contribution < 1.29 is 18.3 Å². The molecule has 20 heavy (non-hydrogen) atoms. The van der Waals surface area contributed by atoms with Crippen molar-refractivity contribution in [3.05, 3.63) is 58.6 Å². The van der Waals surface area contributed by atoms with Crippen LogP contribution in [-0.2, 0) is 9.84 Å². The Morgan fingerprint density at radius 1 is 1.10 bits per heavy atom. The molecular weight excluding hydrogens is 300 g/mol. The molecule has 4 nitrogen and oxygen atoms in total. The molecule has 1 N–H and O–H groups in total. The van der Waals surface area contributed by atoms with Crippen molar-refractivity contribution in [1.29, 1.82) is 0 Å². The number of phenols is 1. The molecule has 0 spiro atoms. The third-order valence-electron chi connectivity index (χ3n) is 2.74. The second-order valence-electron chi connectivity index (χ2n) is 4.29. The predicted molar refractivity (Wildman–Crippen MR) is 76.1 cm³/mol. The number of carbonyl (C=O) groups is 1. The lowest BCUT2D eigenvalue weighted by molar-refractivity contribution is 0.103. The molecule has 0 saturated heterocycles. The Bertz CT molecular complexity index is 764. The van der Waals surface area contributed by atoms with E-state index < -0.39 is 9.84 Å². The van der Waals surface area contributed by atoms with E-state index in [0.29, 0.717) is 5.56 Å². The fourth-order valence-corrected chi connectivity index (χ4v) is 2.66. The largest absolute Gasteiger partial charge is 0.508 e. The van der Waals surface area contributed by atoms with Gasteiger partial charge in [-0.25, -0.2) is 8.42 Å². The molecule has 0 aromatic heterocycles. The van der Waals surface area contributed by atoms with E-state index in [1.165, 1.54) is 42.5 Å². The van der Waals surface area contributed by atoms with Gasteiger partial charge in [-0.05, 0) is 42.5 Å². The van der Waals surface area contributed by atoms with Crippen molar-refractivity contribution in [1.82, 2.24) is 0 Å². The van der Waals surface area contributed by atoms with Crippen molar-refractivity contribution in [2.45, 2.75) is 4.90 Å². The average Bonchev–Trinajstić information content (AvgIpc) is 2.37. The molecule has 2 aromatic carbocycles. The number of carbonyl (C=O) groups excluding carboxylic acids is 1. The number of ketones is 1. The number of sulfone groups is 1. The number of halogens is 1. The highest BCUT2D eigenvalue weighted by atomic mass is 35.5. The highest BCUT2D eigenvalue weighted by Gasteiger charge is 2.16. The maximum Gasteiger partial charge on any atom is 0.194 e. The lowest BCUT2D eigenvalue weighted by Gasteiger charge is -2.06. The molecule has 0 heterocycles. The summed E-state index contributed by atoms with van der Waals surface area (Å²) in [5.74, 6) is -0.282. The molecule has 2 aromatic rings. The number of rotatable bonds is 3. The minimum absolute atomic E-state index is 0.0556. The zero-order valence-electron chi connectivity index (χ0n) is 10.5. The van der Waals surface area contributed by atoms with E-state index in [0.717, 1.165) is 6.26 Å². The van der Waals surface area contributed by atoms with Crippen LogP contribution in [0.1, 0.15) is 15.9 Å². The maximum atomic E-state index is 12.2. The van der Waals surface area contributed by atoms with Crippen LogP contribution in [0.15, 0.2) is 47.4 Å². The lowest BCUT2D eigenvalue weighted by Crippen LogP contribution is -2.04. The van der Waals surface area contributed by atoms with Gasteiger partial charge in [-0.2, -0.15) is 0 Å². The summed E-state index contributed by atoms with van der Waals surface area (Å²) in [6, 6.07) is 9.71. The molecule has 0 atom stereocenters. The van der Waals surface area contributed by atoms with Gasteiger partial charge < -0.3 is 5.11 Å². The summed E-state index contributed by atoms with van der Waals surface area (Å²) in [6.45, 7) is 0. The molecule has 0 aliphatic rings. The van der Waals surface area contributed by atoms with Crippen molar-refractivity contribution in [3.63, 3.8) is 0 Å². The standard InChI is InChI=1S/C14H11ClO4S/c1-20(18,19)11-6-7-12(13(15)8-11)14(17)9-2-4-10(16)5-3-9/h2-8,16H,1H3. The summed E-state index contributed by atoms with van der Waals surface area (Å²) >= 11 is 5.98. The quantitative estimate of drug-likeness (QED) is 0.885. The first kappa shape index (κ1) is 14.6. The van der Waals surface area contributed by atoms with E-state index in [1.54, 1.807) is 0 Å². The topological polar surface area (TPSA) is 71.4 Å². The average molecular weight is 311 g/mol. The molecule has 0 unspecified atom stereocenters. The fraction of sp³-hybridized carbons (Fsp3) is 0.0714. The first-order valence-corrected chi connectivity index (χ1v) is 7.89. The van der Waals surface area contributed by atoms with Gasteiger partial charge in [0.15, 0.2) is 15.6 Å². The Hall–Kier alpha value is -1.85. The minimum atomic E-state index is -3.37. The Balaban J connectivity index is 2.43. The van der Waals surface area contributed by atoms with Crippen LogP contribution in [0.25, 0.3) is 0 Å². The Morgan fingerprint density at radius 2 is 1.70 bits per heavy atom. The number of aromatic hydroxyl groups is 1. The van der Waals surface area contributed by atoms with Gasteiger partial charge in [0, 0.05) is 17.4 Å². The normalized spacial score (nSPS) is 11.3. The second-order valence-corrected chi connectivity index (χ2v) is 6.71. The van der Waals surface area contributed by atoms with Crippen LogP contribution < -0.4 is 0 Å². The molecule has 104 valence electrons. The molecule has 0 saturated carbocycles. The van der Waals surface area contributed by atoms with Gasteiger partial charge in [-0.3, -0.25) is 4.79 Å². The van der Waals surface area contributed by atoms with Gasteiger partial charge >= 0.3 is 0 Å². The SMILES string of the molecule is CS(=O)(=O)c1ccc(C(=O)c2ccc(O)cc2)c(Cl)c1. The number of phenolic OH excluding ortho intramolecular Hbond substituents is 1. The number of hydrogen-bond donors (Lipinski definition) is 1. The third-order valence-corrected chi connectivity index (χ3v) is 4.17. The summed E-state index contributed by atoms with van der Waals surface area (Å²) in [5.41, 5.74) is 0.571. The van der Waals surface area contributed by atoms with Gasteiger partial charge in [-0.1, -0.05) is 11.6 Å².